The number of rotatable bonds is 9. The summed E-state index contributed by atoms with van der Waals surface area (Å²) in [4.78, 5) is 45.5. The molecule has 1 aliphatic heterocycles. The number of thiocarbonyl (C=S) groups is 1. The number of hydrogen-bond acceptors (Lipinski definition) is 9. The lowest BCUT2D eigenvalue weighted by Crippen LogP contribution is -2.42. The maximum Gasteiger partial charge on any atom is 0.337 e. The molecule has 3 aromatic rings. The van der Waals surface area contributed by atoms with Crippen LogP contribution in [0.1, 0.15) is 40.9 Å². The van der Waals surface area contributed by atoms with Crippen LogP contribution < -0.4 is 15.1 Å². The van der Waals surface area contributed by atoms with E-state index in [1.807, 2.05) is 0 Å². The molecule has 5 rings (SSSR count). The Morgan fingerprint density at radius 1 is 1.18 bits per heavy atom. The van der Waals surface area contributed by atoms with Crippen LogP contribution in [0.15, 0.2) is 64.1 Å². The van der Waals surface area contributed by atoms with Crippen molar-refractivity contribution in [1.29, 1.82) is 0 Å². The van der Waals surface area contributed by atoms with Crippen molar-refractivity contribution >= 4 is 52.6 Å². The van der Waals surface area contributed by atoms with Crippen LogP contribution in [0.2, 0.25) is 0 Å². The van der Waals surface area contributed by atoms with Gasteiger partial charge in [0.05, 0.1) is 19.1 Å². The van der Waals surface area contributed by atoms with Crippen molar-refractivity contribution in [2.45, 2.75) is 37.9 Å². The minimum atomic E-state index is -0.880. The molecule has 1 saturated heterocycles. The van der Waals surface area contributed by atoms with Crippen LogP contribution in [-0.2, 0) is 27.9 Å². The number of carbonyl (C=O) groups is 3. The number of hydrogen-bond donors (Lipinski definition) is 1. The second-order valence-corrected chi connectivity index (χ2v) is 9.78. The lowest BCUT2D eigenvalue weighted by atomic mass is 10.1. The van der Waals surface area contributed by atoms with Crippen LogP contribution in [-0.4, -0.2) is 63.1 Å². The molecule has 0 radical (unpaired) electrons. The van der Waals surface area contributed by atoms with Gasteiger partial charge in [0, 0.05) is 11.7 Å². The number of anilines is 1. The van der Waals surface area contributed by atoms with Crippen molar-refractivity contribution in [2.24, 2.45) is 12.0 Å². The molecule has 2 aromatic carbocycles. The van der Waals surface area contributed by atoms with E-state index in [1.54, 1.807) is 59.3 Å². The molecule has 1 aliphatic carbocycles. The third kappa shape index (κ3) is 5.54. The Morgan fingerprint density at radius 3 is 2.52 bits per heavy atom. The molecule has 40 heavy (non-hydrogen) atoms. The summed E-state index contributed by atoms with van der Waals surface area (Å²) in [5, 5.41) is 19.7. The molecule has 0 bridgehead atoms. The monoisotopic (exact) mass is 562 g/mol. The van der Waals surface area contributed by atoms with Gasteiger partial charge in [0.1, 0.15) is 12.6 Å². The number of aryl methyl sites for hydroxylation is 1. The highest BCUT2D eigenvalue weighted by Gasteiger charge is 2.50. The molecule has 1 saturated carbocycles. The molecule has 2 aliphatic rings. The second kappa shape index (κ2) is 11.2. The molecule has 1 aromatic heterocycles. The van der Waals surface area contributed by atoms with Gasteiger partial charge in [0.15, 0.2) is 12.2 Å². The van der Waals surface area contributed by atoms with E-state index in [0.29, 0.717) is 27.6 Å². The number of benzene rings is 2. The first-order valence-corrected chi connectivity index (χ1v) is 13.0. The SMILES string of the molecule is COC(=O)c1ccc(NC(=O)CC2C(=O)N(C3CC3)C(=S)N2Cc2c(/N=C(\[O-])c3ccccc3)on[n+]2C)cc1. The topological polar surface area (TPSA) is 144 Å². The smallest absolute Gasteiger partial charge is 0.337 e. The normalized spacial score (nSPS) is 17.4. The fourth-order valence-corrected chi connectivity index (χ4v) is 4.82. The Kier molecular flexibility index (Phi) is 7.56. The number of nitrogens with zero attached hydrogens (tertiary/aromatic N) is 5. The van der Waals surface area contributed by atoms with Gasteiger partial charge in [-0.2, -0.15) is 0 Å². The van der Waals surface area contributed by atoms with E-state index in [-0.39, 0.29) is 30.8 Å². The van der Waals surface area contributed by atoms with Gasteiger partial charge < -0.3 is 20.1 Å². The maximum absolute atomic E-state index is 13.5. The van der Waals surface area contributed by atoms with E-state index in [1.165, 1.54) is 23.9 Å². The number of ether oxygens (including phenoxy) is 1. The number of nitrogens with one attached hydrogen (secondary N) is 1. The van der Waals surface area contributed by atoms with Crippen molar-refractivity contribution in [3.8, 4) is 0 Å². The van der Waals surface area contributed by atoms with Crippen LogP contribution in [0.4, 0.5) is 11.6 Å². The Balaban J connectivity index is 1.36. The fourth-order valence-electron chi connectivity index (χ4n) is 4.39. The molecular formula is C27H26N6O6S. The van der Waals surface area contributed by atoms with Gasteiger partial charge in [-0.3, -0.25) is 19.0 Å². The number of amides is 2. The minimum absolute atomic E-state index is 0.00136. The number of aromatic nitrogens is 2. The van der Waals surface area contributed by atoms with Gasteiger partial charge in [-0.25, -0.2) is 9.79 Å². The molecule has 1 atom stereocenters. The van der Waals surface area contributed by atoms with Crippen LogP contribution in [0, 0.1) is 0 Å². The van der Waals surface area contributed by atoms with E-state index in [9.17, 15) is 19.5 Å². The molecule has 2 amide bonds. The summed E-state index contributed by atoms with van der Waals surface area (Å²) in [6.07, 6.45) is 1.49. The zero-order valence-corrected chi connectivity index (χ0v) is 22.6. The van der Waals surface area contributed by atoms with Crippen LogP contribution in [0.5, 0.6) is 0 Å². The second-order valence-electron chi connectivity index (χ2n) is 9.42. The Labute approximate surface area is 234 Å². The number of aliphatic imine (C=N–C) groups is 1. The third-order valence-electron chi connectivity index (χ3n) is 6.66. The Bertz CT molecular complexity index is 1480. The zero-order valence-electron chi connectivity index (χ0n) is 21.8. The Hall–Kier alpha value is -4.65. The zero-order chi connectivity index (χ0) is 28.4. The lowest BCUT2D eigenvalue weighted by Gasteiger charge is -2.21. The highest BCUT2D eigenvalue weighted by atomic mass is 32.1. The van der Waals surface area contributed by atoms with E-state index in [2.05, 4.69) is 15.6 Å². The summed E-state index contributed by atoms with van der Waals surface area (Å²) in [6.45, 7) is 0.0421. The first kappa shape index (κ1) is 26.9. The Morgan fingerprint density at radius 2 is 1.88 bits per heavy atom. The summed E-state index contributed by atoms with van der Waals surface area (Å²) in [5.74, 6) is -1.68. The molecule has 206 valence electrons. The largest absolute Gasteiger partial charge is 0.858 e. The molecule has 1 N–H and O–H groups in total. The van der Waals surface area contributed by atoms with Gasteiger partial charge >= 0.3 is 11.9 Å². The van der Waals surface area contributed by atoms with Gasteiger partial charge in [-0.05, 0) is 65.5 Å². The molecule has 2 fully saturated rings. The van der Waals surface area contributed by atoms with Crippen molar-refractivity contribution in [3.63, 3.8) is 0 Å². The minimum Gasteiger partial charge on any atom is -0.858 e. The molecule has 2 heterocycles. The summed E-state index contributed by atoms with van der Waals surface area (Å²) < 4.78 is 11.4. The van der Waals surface area contributed by atoms with Gasteiger partial charge in [0.2, 0.25) is 11.2 Å². The maximum atomic E-state index is 13.5. The molecule has 1 unspecified atom stereocenters. The molecule has 12 nitrogen and oxygen atoms in total. The standard InChI is InChI=1S/C27H26N6O6S/c1-31-21(24(39-30-31)29-23(35)16-6-4-3-5-7-16)15-32-20(25(36)33(27(32)40)19-12-13-19)14-22(34)28-18-10-8-17(9-11-18)26(37)38-2/h3-11,19-20H,12-15H2,1-2H3,(H-,28,29,30,34,35,37). The molecule has 0 spiro atoms. The predicted octanol–water partition coefficient (Wildman–Crippen LogP) is 1.21. The van der Waals surface area contributed by atoms with Crippen molar-refractivity contribution < 1.29 is 33.4 Å². The van der Waals surface area contributed by atoms with Crippen LogP contribution in [0.3, 0.4) is 0 Å². The summed E-state index contributed by atoms with van der Waals surface area (Å²) in [5.41, 5.74) is 1.60. The van der Waals surface area contributed by atoms with E-state index in [4.69, 9.17) is 21.5 Å². The quantitative estimate of drug-likeness (QED) is 0.134. The number of carbonyl (C=O) groups excluding carboxylic acids is 3. The van der Waals surface area contributed by atoms with Crippen LogP contribution in [0.25, 0.3) is 0 Å². The van der Waals surface area contributed by atoms with E-state index in [0.717, 1.165) is 12.8 Å². The van der Waals surface area contributed by atoms with Gasteiger partial charge in [-0.15, -0.1) is 0 Å². The van der Waals surface area contributed by atoms with Crippen molar-refractivity contribution in [3.05, 3.63) is 71.4 Å². The van der Waals surface area contributed by atoms with Crippen LogP contribution >= 0.6 is 12.2 Å². The predicted molar refractivity (Wildman–Crippen MR) is 143 cm³/mol. The van der Waals surface area contributed by atoms with E-state index < -0.39 is 23.8 Å². The van der Waals surface area contributed by atoms with Crippen molar-refractivity contribution in [1.82, 2.24) is 15.1 Å². The van der Waals surface area contributed by atoms with Crippen molar-refractivity contribution in [2.75, 3.05) is 12.4 Å². The summed E-state index contributed by atoms with van der Waals surface area (Å²) in [7, 11) is 2.92. The number of esters is 1. The molecule has 13 heteroatoms. The third-order valence-corrected chi connectivity index (χ3v) is 7.09. The fraction of sp³-hybridized carbons (Fsp3) is 0.296. The molecular weight excluding hydrogens is 536 g/mol. The summed E-state index contributed by atoms with van der Waals surface area (Å²) >= 11 is 5.69. The first-order chi connectivity index (χ1) is 19.3. The average molecular weight is 563 g/mol. The van der Waals surface area contributed by atoms with Gasteiger partial charge in [-0.1, -0.05) is 30.3 Å². The van der Waals surface area contributed by atoms with Gasteiger partial charge in [0.25, 0.3) is 11.6 Å². The highest BCUT2D eigenvalue weighted by molar-refractivity contribution is 7.80. The number of methoxy groups -OCH3 is 1. The lowest BCUT2D eigenvalue weighted by molar-refractivity contribution is -0.746. The average Bonchev–Trinajstić information content (AvgIpc) is 3.70. The first-order valence-electron chi connectivity index (χ1n) is 12.5. The summed E-state index contributed by atoms with van der Waals surface area (Å²) in [6, 6.07) is 13.9. The van der Waals surface area contributed by atoms with E-state index >= 15 is 0 Å². The highest BCUT2D eigenvalue weighted by Crippen LogP contribution is 2.35.